The number of hydrazine groups is 1. The molecule has 1 unspecified atom stereocenters. The van der Waals surface area contributed by atoms with Crippen LogP contribution in [-0.2, 0) is 16.0 Å². The maximum Gasteiger partial charge on any atom is 0.252 e. The van der Waals surface area contributed by atoms with Crippen LogP contribution < -0.4 is 10.2 Å². The van der Waals surface area contributed by atoms with Gasteiger partial charge in [-0.2, -0.15) is 0 Å². The van der Waals surface area contributed by atoms with Crippen molar-refractivity contribution >= 4 is 35.2 Å². The highest BCUT2D eigenvalue weighted by Gasteiger charge is 2.34. The standard InChI is InChI=1S/C18H17ClN2O4S/c1-25-15-9-12(4-7-14(15)22)18-21(17(24)10-26-18)20-16(23)8-11-2-5-13(19)6-3-11/h2-7,9,18,22H,8,10H2,1H3,(H,20,23). The molecule has 1 aliphatic rings. The first-order chi connectivity index (χ1) is 12.5. The first-order valence-corrected chi connectivity index (χ1v) is 9.25. The van der Waals surface area contributed by atoms with Crippen molar-refractivity contribution in [1.82, 2.24) is 10.4 Å². The van der Waals surface area contributed by atoms with Gasteiger partial charge in [-0.3, -0.25) is 15.0 Å². The van der Waals surface area contributed by atoms with Gasteiger partial charge in [0.25, 0.3) is 5.91 Å². The second-order valence-electron chi connectivity index (χ2n) is 5.70. The lowest BCUT2D eigenvalue weighted by Gasteiger charge is -2.25. The van der Waals surface area contributed by atoms with Crippen LogP contribution in [0.2, 0.25) is 5.02 Å². The van der Waals surface area contributed by atoms with Crippen LogP contribution in [0.4, 0.5) is 0 Å². The summed E-state index contributed by atoms with van der Waals surface area (Å²) < 4.78 is 5.12. The van der Waals surface area contributed by atoms with Gasteiger partial charge >= 0.3 is 0 Å². The highest BCUT2D eigenvalue weighted by molar-refractivity contribution is 8.00. The molecule has 26 heavy (non-hydrogen) atoms. The summed E-state index contributed by atoms with van der Waals surface area (Å²) in [5.41, 5.74) is 4.23. The quantitative estimate of drug-likeness (QED) is 0.818. The van der Waals surface area contributed by atoms with Crippen molar-refractivity contribution in [2.24, 2.45) is 0 Å². The lowest BCUT2D eigenvalue weighted by Crippen LogP contribution is -2.45. The molecule has 1 aliphatic heterocycles. The number of rotatable bonds is 5. The number of thioether (sulfide) groups is 1. The molecule has 0 spiro atoms. The molecule has 2 aromatic rings. The maximum atomic E-state index is 12.3. The van der Waals surface area contributed by atoms with Gasteiger partial charge in [0.15, 0.2) is 11.5 Å². The van der Waals surface area contributed by atoms with Crippen molar-refractivity contribution in [3.8, 4) is 11.5 Å². The topological polar surface area (TPSA) is 78.9 Å². The first kappa shape index (κ1) is 18.4. The molecule has 0 aromatic heterocycles. The minimum Gasteiger partial charge on any atom is -0.504 e. The molecule has 2 amide bonds. The van der Waals surface area contributed by atoms with Gasteiger partial charge in [-0.25, -0.2) is 5.01 Å². The third kappa shape index (κ3) is 4.05. The molecular weight excluding hydrogens is 376 g/mol. The van der Waals surface area contributed by atoms with E-state index >= 15 is 0 Å². The SMILES string of the molecule is COc1cc(C2SCC(=O)N2NC(=O)Cc2ccc(Cl)cc2)ccc1O. The summed E-state index contributed by atoms with van der Waals surface area (Å²) in [5, 5.41) is 11.3. The van der Waals surface area contributed by atoms with Gasteiger partial charge in [0.1, 0.15) is 5.37 Å². The zero-order chi connectivity index (χ0) is 18.7. The van der Waals surface area contributed by atoms with E-state index in [-0.39, 0.29) is 35.1 Å². The predicted molar refractivity (Wildman–Crippen MR) is 100 cm³/mol. The Hall–Kier alpha value is -2.38. The van der Waals surface area contributed by atoms with Gasteiger partial charge in [-0.15, -0.1) is 11.8 Å². The van der Waals surface area contributed by atoms with Crippen molar-refractivity contribution in [3.05, 3.63) is 58.6 Å². The van der Waals surface area contributed by atoms with E-state index in [9.17, 15) is 14.7 Å². The predicted octanol–water partition coefficient (Wildman–Crippen LogP) is 2.90. The Morgan fingerprint density at radius 1 is 1.35 bits per heavy atom. The molecule has 0 aliphatic carbocycles. The number of benzene rings is 2. The first-order valence-electron chi connectivity index (χ1n) is 7.82. The van der Waals surface area contributed by atoms with Crippen LogP contribution in [0.1, 0.15) is 16.5 Å². The fraction of sp³-hybridized carbons (Fsp3) is 0.222. The number of hydrogen-bond donors (Lipinski definition) is 2. The number of methoxy groups -OCH3 is 1. The van der Waals surface area contributed by atoms with E-state index < -0.39 is 0 Å². The Balaban J connectivity index is 1.73. The number of amides is 2. The monoisotopic (exact) mass is 392 g/mol. The smallest absolute Gasteiger partial charge is 0.252 e. The lowest BCUT2D eigenvalue weighted by molar-refractivity contribution is -0.139. The van der Waals surface area contributed by atoms with Gasteiger partial charge in [-0.1, -0.05) is 29.8 Å². The van der Waals surface area contributed by atoms with Crippen LogP contribution in [0.15, 0.2) is 42.5 Å². The minimum absolute atomic E-state index is 0.0175. The van der Waals surface area contributed by atoms with Gasteiger partial charge < -0.3 is 9.84 Å². The van der Waals surface area contributed by atoms with Crippen LogP contribution in [0.3, 0.4) is 0 Å². The number of phenols is 1. The molecule has 1 saturated heterocycles. The third-order valence-corrected chi connectivity index (χ3v) is 5.34. The van der Waals surface area contributed by atoms with Gasteiger partial charge in [0.05, 0.1) is 19.3 Å². The number of aromatic hydroxyl groups is 1. The van der Waals surface area contributed by atoms with E-state index in [1.807, 2.05) is 0 Å². The molecule has 6 nitrogen and oxygen atoms in total. The number of nitrogens with one attached hydrogen (secondary N) is 1. The lowest BCUT2D eigenvalue weighted by atomic mass is 10.1. The number of nitrogens with zero attached hydrogens (tertiary/aromatic N) is 1. The number of halogens is 1. The Bertz CT molecular complexity index is 828. The van der Waals surface area contributed by atoms with Gasteiger partial charge in [-0.05, 0) is 35.4 Å². The largest absolute Gasteiger partial charge is 0.504 e. The summed E-state index contributed by atoms with van der Waals surface area (Å²) in [6.07, 6.45) is 0.136. The van der Waals surface area contributed by atoms with E-state index in [1.165, 1.54) is 29.9 Å². The van der Waals surface area contributed by atoms with E-state index in [1.54, 1.807) is 36.4 Å². The summed E-state index contributed by atoms with van der Waals surface area (Å²) in [5.74, 6) is 0.115. The molecule has 0 bridgehead atoms. The Labute approximate surface area is 160 Å². The van der Waals surface area contributed by atoms with Crippen LogP contribution in [0, 0.1) is 0 Å². The van der Waals surface area contributed by atoms with Gasteiger partial charge in [0, 0.05) is 5.02 Å². The fourth-order valence-electron chi connectivity index (χ4n) is 2.60. The second-order valence-corrected chi connectivity index (χ2v) is 7.20. The minimum atomic E-state index is -0.383. The van der Waals surface area contributed by atoms with Crippen molar-refractivity contribution in [2.45, 2.75) is 11.8 Å². The highest BCUT2D eigenvalue weighted by atomic mass is 35.5. The van der Waals surface area contributed by atoms with Crippen molar-refractivity contribution in [2.75, 3.05) is 12.9 Å². The Morgan fingerprint density at radius 3 is 2.77 bits per heavy atom. The number of carbonyl (C=O) groups excluding carboxylic acids is 2. The van der Waals surface area contributed by atoms with E-state index in [2.05, 4.69) is 5.43 Å². The molecule has 1 atom stereocenters. The van der Waals surface area contributed by atoms with Crippen LogP contribution in [-0.4, -0.2) is 34.8 Å². The Morgan fingerprint density at radius 2 is 2.08 bits per heavy atom. The molecular formula is C18H17ClN2O4S. The molecule has 0 radical (unpaired) electrons. The zero-order valence-corrected chi connectivity index (χ0v) is 15.5. The molecule has 0 saturated carbocycles. The second kappa shape index (κ2) is 7.88. The number of carbonyl (C=O) groups is 2. The fourth-order valence-corrected chi connectivity index (χ4v) is 3.82. The maximum absolute atomic E-state index is 12.3. The molecule has 8 heteroatoms. The van der Waals surface area contributed by atoms with Gasteiger partial charge in [0.2, 0.25) is 5.91 Å². The van der Waals surface area contributed by atoms with E-state index in [0.717, 1.165) is 11.1 Å². The van der Waals surface area contributed by atoms with Crippen LogP contribution in [0.5, 0.6) is 11.5 Å². The van der Waals surface area contributed by atoms with Crippen LogP contribution >= 0.6 is 23.4 Å². The average Bonchev–Trinajstić information content (AvgIpc) is 2.98. The molecule has 1 fully saturated rings. The molecule has 3 rings (SSSR count). The summed E-state index contributed by atoms with van der Waals surface area (Å²) >= 11 is 7.24. The highest BCUT2D eigenvalue weighted by Crippen LogP contribution is 2.40. The molecule has 2 N–H and O–H groups in total. The van der Waals surface area contributed by atoms with Crippen molar-refractivity contribution in [3.63, 3.8) is 0 Å². The normalized spacial score (nSPS) is 16.6. The molecule has 2 aromatic carbocycles. The average molecular weight is 393 g/mol. The van der Waals surface area contributed by atoms with Crippen LogP contribution in [0.25, 0.3) is 0 Å². The summed E-state index contributed by atoms with van der Waals surface area (Å²) in [7, 11) is 1.46. The summed E-state index contributed by atoms with van der Waals surface area (Å²) in [6, 6.07) is 11.8. The van der Waals surface area contributed by atoms with Crippen molar-refractivity contribution in [1.29, 1.82) is 0 Å². The zero-order valence-electron chi connectivity index (χ0n) is 13.9. The van der Waals surface area contributed by atoms with E-state index in [4.69, 9.17) is 16.3 Å². The summed E-state index contributed by atoms with van der Waals surface area (Å²) in [4.78, 5) is 24.5. The number of phenolic OH excluding ortho intramolecular Hbond substituents is 1. The number of hydrogen-bond acceptors (Lipinski definition) is 5. The number of ether oxygens (including phenoxy) is 1. The Kier molecular flexibility index (Phi) is 5.58. The summed E-state index contributed by atoms with van der Waals surface area (Å²) in [6.45, 7) is 0. The van der Waals surface area contributed by atoms with E-state index in [0.29, 0.717) is 10.8 Å². The van der Waals surface area contributed by atoms with Crippen molar-refractivity contribution < 1.29 is 19.4 Å². The molecule has 136 valence electrons. The molecule has 1 heterocycles. The third-order valence-electron chi connectivity index (χ3n) is 3.88.